The third-order valence-electron chi connectivity index (χ3n) is 2.75. The van der Waals surface area contributed by atoms with Gasteiger partial charge in [-0.2, -0.15) is 0 Å². The molecular formula is C12H17NO2. The van der Waals surface area contributed by atoms with E-state index in [0.717, 1.165) is 18.0 Å². The first kappa shape index (κ1) is 10.3. The molecule has 0 saturated heterocycles. The Balaban J connectivity index is 1.93. The van der Waals surface area contributed by atoms with Crippen LogP contribution >= 0.6 is 0 Å². The predicted molar refractivity (Wildman–Crippen MR) is 59.1 cm³/mol. The minimum atomic E-state index is 0.253. The highest BCUT2D eigenvalue weighted by Crippen LogP contribution is 2.30. The molecule has 2 rings (SSSR count). The lowest BCUT2D eigenvalue weighted by Crippen LogP contribution is -2.16. The van der Waals surface area contributed by atoms with Crippen molar-refractivity contribution in [1.82, 2.24) is 5.32 Å². The molecule has 1 saturated carbocycles. The molecule has 1 aromatic rings. The van der Waals surface area contributed by atoms with Gasteiger partial charge in [0, 0.05) is 12.1 Å². The van der Waals surface area contributed by atoms with Crippen LogP contribution in [0.2, 0.25) is 0 Å². The van der Waals surface area contributed by atoms with E-state index in [-0.39, 0.29) is 5.75 Å². The van der Waals surface area contributed by atoms with E-state index < -0.39 is 0 Å². The molecule has 1 fully saturated rings. The predicted octanol–water partition coefficient (Wildman–Crippen LogP) is 1.90. The average Bonchev–Trinajstić information content (AvgIpc) is 3.04. The van der Waals surface area contributed by atoms with Crippen molar-refractivity contribution in [3.63, 3.8) is 0 Å². The van der Waals surface area contributed by atoms with Crippen LogP contribution in [-0.2, 0) is 6.54 Å². The summed E-state index contributed by atoms with van der Waals surface area (Å²) in [7, 11) is 1.57. The number of hydrogen-bond acceptors (Lipinski definition) is 3. The summed E-state index contributed by atoms with van der Waals surface area (Å²) in [4.78, 5) is 0. The molecule has 1 aliphatic rings. The number of ether oxygens (including phenoxy) is 1. The monoisotopic (exact) mass is 207 g/mol. The van der Waals surface area contributed by atoms with Gasteiger partial charge in [-0.3, -0.25) is 0 Å². The van der Waals surface area contributed by atoms with E-state index in [1.807, 2.05) is 12.1 Å². The second-order valence-corrected chi connectivity index (χ2v) is 4.04. The summed E-state index contributed by atoms with van der Waals surface area (Å²) in [6.45, 7) is 1.76. The van der Waals surface area contributed by atoms with Crippen LogP contribution in [0.3, 0.4) is 0 Å². The standard InChI is InChI=1S/C12H17NO2/c1-15-11-4-2-3-10(12(11)14)8-13-7-9-5-6-9/h2-4,9,13-14H,5-8H2,1H3. The molecule has 3 heteroatoms. The third kappa shape index (κ3) is 2.63. The molecule has 0 unspecified atom stereocenters. The number of phenols is 1. The number of methoxy groups -OCH3 is 1. The number of aromatic hydroxyl groups is 1. The zero-order chi connectivity index (χ0) is 10.7. The van der Waals surface area contributed by atoms with E-state index in [4.69, 9.17) is 4.74 Å². The van der Waals surface area contributed by atoms with Crippen LogP contribution in [0.15, 0.2) is 18.2 Å². The molecule has 0 bridgehead atoms. The summed E-state index contributed by atoms with van der Waals surface area (Å²) in [5.41, 5.74) is 0.898. The van der Waals surface area contributed by atoms with Crippen LogP contribution in [0.4, 0.5) is 0 Å². The highest BCUT2D eigenvalue weighted by molar-refractivity contribution is 5.45. The van der Waals surface area contributed by atoms with Gasteiger partial charge in [-0.15, -0.1) is 0 Å². The Hall–Kier alpha value is -1.22. The molecular weight excluding hydrogens is 190 g/mol. The van der Waals surface area contributed by atoms with Crippen molar-refractivity contribution in [2.24, 2.45) is 5.92 Å². The van der Waals surface area contributed by atoms with Crippen molar-refractivity contribution in [3.05, 3.63) is 23.8 Å². The first-order valence-electron chi connectivity index (χ1n) is 5.37. The SMILES string of the molecule is COc1cccc(CNCC2CC2)c1O. The van der Waals surface area contributed by atoms with Gasteiger partial charge in [0.25, 0.3) is 0 Å². The van der Waals surface area contributed by atoms with Crippen LogP contribution in [0.1, 0.15) is 18.4 Å². The molecule has 0 spiro atoms. The van der Waals surface area contributed by atoms with Crippen LogP contribution in [-0.4, -0.2) is 18.8 Å². The van der Waals surface area contributed by atoms with Gasteiger partial charge in [0.2, 0.25) is 0 Å². The molecule has 82 valence electrons. The average molecular weight is 207 g/mol. The zero-order valence-electron chi connectivity index (χ0n) is 8.99. The topological polar surface area (TPSA) is 41.5 Å². The third-order valence-corrected chi connectivity index (χ3v) is 2.75. The second kappa shape index (κ2) is 4.53. The van der Waals surface area contributed by atoms with E-state index in [1.54, 1.807) is 13.2 Å². The zero-order valence-corrected chi connectivity index (χ0v) is 8.99. The van der Waals surface area contributed by atoms with Crippen molar-refractivity contribution < 1.29 is 9.84 Å². The minimum absolute atomic E-state index is 0.253. The molecule has 0 aliphatic heterocycles. The fourth-order valence-electron chi connectivity index (χ4n) is 1.61. The summed E-state index contributed by atoms with van der Waals surface area (Å²) >= 11 is 0. The number of benzene rings is 1. The van der Waals surface area contributed by atoms with Crippen molar-refractivity contribution in [3.8, 4) is 11.5 Å². The van der Waals surface area contributed by atoms with Crippen LogP contribution in [0.5, 0.6) is 11.5 Å². The van der Waals surface area contributed by atoms with E-state index in [0.29, 0.717) is 12.3 Å². The maximum absolute atomic E-state index is 9.80. The van der Waals surface area contributed by atoms with Crippen molar-refractivity contribution in [1.29, 1.82) is 0 Å². The lowest BCUT2D eigenvalue weighted by molar-refractivity contribution is 0.369. The summed E-state index contributed by atoms with van der Waals surface area (Å²) in [5, 5.41) is 13.1. The van der Waals surface area contributed by atoms with Gasteiger partial charge in [0.05, 0.1) is 7.11 Å². The Kier molecular flexibility index (Phi) is 3.11. The van der Waals surface area contributed by atoms with Gasteiger partial charge >= 0.3 is 0 Å². The van der Waals surface area contributed by atoms with E-state index in [2.05, 4.69) is 5.32 Å². The van der Waals surface area contributed by atoms with E-state index in [9.17, 15) is 5.11 Å². The minimum Gasteiger partial charge on any atom is -0.504 e. The summed E-state index contributed by atoms with van der Waals surface area (Å²) in [6, 6.07) is 5.57. The van der Waals surface area contributed by atoms with Gasteiger partial charge < -0.3 is 15.2 Å². The lowest BCUT2D eigenvalue weighted by atomic mass is 10.2. The second-order valence-electron chi connectivity index (χ2n) is 4.04. The van der Waals surface area contributed by atoms with Crippen molar-refractivity contribution in [2.45, 2.75) is 19.4 Å². The molecule has 0 radical (unpaired) electrons. The van der Waals surface area contributed by atoms with Crippen LogP contribution in [0.25, 0.3) is 0 Å². The molecule has 1 aromatic carbocycles. The molecule has 0 atom stereocenters. The molecule has 15 heavy (non-hydrogen) atoms. The number of rotatable bonds is 5. The van der Waals surface area contributed by atoms with Crippen LogP contribution in [0, 0.1) is 5.92 Å². The molecule has 0 aromatic heterocycles. The Morgan fingerprint density at radius 3 is 2.93 bits per heavy atom. The summed E-state index contributed by atoms with van der Waals surface area (Å²) in [5.74, 6) is 1.65. The van der Waals surface area contributed by atoms with Crippen molar-refractivity contribution >= 4 is 0 Å². The highest BCUT2D eigenvalue weighted by atomic mass is 16.5. The Morgan fingerprint density at radius 2 is 2.27 bits per heavy atom. The molecule has 0 amide bonds. The number of para-hydroxylation sites is 1. The molecule has 3 nitrogen and oxygen atoms in total. The van der Waals surface area contributed by atoms with Crippen molar-refractivity contribution in [2.75, 3.05) is 13.7 Å². The Bertz CT molecular complexity index is 334. The quantitative estimate of drug-likeness (QED) is 0.774. The van der Waals surface area contributed by atoms with E-state index in [1.165, 1.54) is 12.8 Å². The number of hydrogen-bond donors (Lipinski definition) is 2. The summed E-state index contributed by atoms with van der Waals surface area (Å²) in [6.07, 6.45) is 2.69. The highest BCUT2D eigenvalue weighted by Gasteiger charge is 2.20. The van der Waals surface area contributed by atoms with Gasteiger partial charge in [-0.05, 0) is 31.4 Å². The largest absolute Gasteiger partial charge is 0.504 e. The smallest absolute Gasteiger partial charge is 0.162 e. The normalized spacial score (nSPS) is 15.3. The molecule has 2 N–H and O–H groups in total. The number of phenolic OH excluding ortho intramolecular Hbond substituents is 1. The fraction of sp³-hybridized carbons (Fsp3) is 0.500. The van der Waals surface area contributed by atoms with E-state index >= 15 is 0 Å². The molecule has 0 heterocycles. The fourth-order valence-corrected chi connectivity index (χ4v) is 1.61. The van der Waals surface area contributed by atoms with Gasteiger partial charge in [0.1, 0.15) is 0 Å². The van der Waals surface area contributed by atoms with Gasteiger partial charge in [0.15, 0.2) is 11.5 Å². The summed E-state index contributed by atoms with van der Waals surface area (Å²) < 4.78 is 5.05. The van der Waals surface area contributed by atoms with Gasteiger partial charge in [-0.1, -0.05) is 12.1 Å². The Labute approximate surface area is 90.1 Å². The Morgan fingerprint density at radius 1 is 1.47 bits per heavy atom. The van der Waals surface area contributed by atoms with Gasteiger partial charge in [-0.25, -0.2) is 0 Å². The first-order chi connectivity index (χ1) is 7.31. The maximum Gasteiger partial charge on any atom is 0.162 e. The lowest BCUT2D eigenvalue weighted by Gasteiger charge is -2.09. The first-order valence-corrected chi connectivity index (χ1v) is 5.37. The number of nitrogens with one attached hydrogen (secondary N) is 1. The molecule has 1 aliphatic carbocycles. The maximum atomic E-state index is 9.80. The van der Waals surface area contributed by atoms with Crippen LogP contribution < -0.4 is 10.1 Å².